The lowest BCUT2D eigenvalue weighted by molar-refractivity contribution is 0.603. The SMILES string of the molecule is CNc1nc(-c2cncc(F)c2)nc2cc(-c3cc(F)ccc3F)ccc12. The lowest BCUT2D eigenvalue weighted by Gasteiger charge is -2.10. The topological polar surface area (TPSA) is 50.7 Å². The molecule has 0 aliphatic rings. The summed E-state index contributed by atoms with van der Waals surface area (Å²) in [4.78, 5) is 12.7. The van der Waals surface area contributed by atoms with Crippen molar-refractivity contribution in [3.63, 3.8) is 0 Å². The number of anilines is 1. The molecule has 0 aliphatic heterocycles. The highest BCUT2D eigenvalue weighted by atomic mass is 19.1. The molecule has 0 atom stereocenters. The van der Waals surface area contributed by atoms with E-state index in [1.807, 2.05) is 0 Å². The number of nitrogens with one attached hydrogen (secondary N) is 1. The van der Waals surface area contributed by atoms with Gasteiger partial charge in [0, 0.05) is 29.8 Å². The molecule has 7 heteroatoms. The Bertz CT molecular complexity index is 1160. The van der Waals surface area contributed by atoms with Gasteiger partial charge in [0.1, 0.15) is 23.3 Å². The molecule has 0 radical (unpaired) electrons. The van der Waals surface area contributed by atoms with Gasteiger partial charge in [-0.15, -0.1) is 0 Å². The summed E-state index contributed by atoms with van der Waals surface area (Å²) in [6.07, 6.45) is 2.55. The van der Waals surface area contributed by atoms with E-state index >= 15 is 0 Å². The maximum Gasteiger partial charge on any atom is 0.163 e. The molecule has 0 aliphatic carbocycles. The molecule has 4 rings (SSSR count). The van der Waals surface area contributed by atoms with Gasteiger partial charge in [-0.1, -0.05) is 6.07 Å². The van der Waals surface area contributed by atoms with E-state index in [0.717, 1.165) is 24.4 Å². The Labute approximate surface area is 152 Å². The Kier molecular flexibility index (Phi) is 4.19. The van der Waals surface area contributed by atoms with Crippen LogP contribution in [-0.4, -0.2) is 22.0 Å². The van der Waals surface area contributed by atoms with Gasteiger partial charge in [-0.2, -0.15) is 0 Å². The van der Waals surface area contributed by atoms with Crippen molar-refractivity contribution in [1.29, 1.82) is 0 Å². The van der Waals surface area contributed by atoms with E-state index in [-0.39, 0.29) is 11.4 Å². The number of fused-ring (bicyclic) bond motifs is 1. The second-order valence-corrected chi connectivity index (χ2v) is 5.89. The minimum atomic E-state index is -0.534. The first-order valence-electron chi connectivity index (χ1n) is 8.11. The highest BCUT2D eigenvalue weighted by Gasteiger charge is 2.13. The molecule has 27 heavy (non-hydrogen) atoms. The van der Waals surface area contributed by atoms with Crippen molar-refractivity contribution in [3.8, 4) is 22.5 Å². The average Bonchev–Trinajstić information content (AvgIpc) is 2.68. The third-order valence-electron chi connectivity index (χ3n) is 4.14. The standard InChI is InChI=1S/C20H13F3N4/c1-24-20-15-4-2-11(16-8-13(21)3-5-17(16)23)7-18(15)26-19(27-20)12-6-14(22)10-25-9-12/h2-10H,1H3,(H,24,26,27). The first-order chi connectivity index (χ1) is 13.0. The van der Waals surface area contributed by atoms with Crippen LogP contribution < -0.4 is 5.32 Å². The van der Waals surface area contributed by atoms with Crippen LogP contribution in [0.1, 0.15) is 0 Å². The van der Waals surface area contributed by atoms with Gasteiger partial charge in [-0.3, -0.25) is 4.98 Å². The van der Waals surface area contributed by atoms with Crippen molar-refractivity contribution in [1.82, 2.24) is 15.0 Å². The molecule has 0 amide bonds. The van der Waals surface area contributed by atoms with E-state index in [1.54, 1.807) is 25.2 Å². The monoisotopic (exact) mass is 366 g/mol. The second kappa shape index (κ2) is 6.68. The molecular formula is C20H13F3N4. The van der Waals surface area contributed by atoms with Crippen molar-refractivity contribution in [2.24, 2.45) is 0 Å². The molecule has 2 aromatic carbocycles. The van der Waals surface area contributed by atoms with E-state index < -0.39 is 17.5 Å². The predicted octanol–water partition coefficient (Wildman–Crippen LogP) is 4.82. The smallest absolute Gasteiger partial charge is 0.163 e. The summed E-state index contributed by atoms with van der Waals surface area (Å²) in [5.41, 5.74) is 1.53. The van der Waals surface area contributed by atoms with Crippen LogP contribution in [0.5, 0.6) is 0 Å². The third kappa shape index (κ3) is 3.19. The lowest BCUT2D eigenvalue weighted by Crippen LogP contribution is -1.99. The third-order valence-corrected chi connectivity index (χ3v) is 4.14. The molecule has 0 bridgehead atoms. The molecule has 0 unspecified atom stereocenters. The van der Waals surface area contributed by atoms with Gasteiger partial charge in [0.2, 0.25) is 0 Å². The summed E-state index contributed by atoms with van der Waals surface area (Å²) < 4.78 is 41.2. The van der Waals surface area contributed by atoms with Crippen molar-refractivity contribution in [2.75, 3.05) is 12.4 Å². The fourth-order valence-corrected chi connectivity index (χ4v) is 2.87. The summed E-state index contributed by atoms with van der Waals surface area (Å²) in [5.74, 6) is -0.760. The largest absolute Gasteiger partial charge is 0.373 e. The van der Waals surface area contributed by atoms with Gasteiger partial charge in [-0.05, 0) is 42.0 Å². The molecule has 2 heterocycles. The number of nitrogens with zero attached hydrogens (tertiary/aromatic N) is 3. The van der Waals surface area contributed by atoms with Crippen LogP contribution in [0.4, 0.5) is 19.0 Å². The van der Waals surface area contributed by atoms with Crippen LogP contribution in [-0.2, 0) is 0 Å². The number of hydrogen-bond donors (Lipinski definition) is 1. The molecule has 0 saturated heterocycles. The molecule has 1 N–H and O–H groups in total. The van der Waals surface area contributed by atoms with Crippen LogP contribution >= 0.6 is 0 Å². The Balaban J connectivity index is 1.93. The fourth-order valence-electron chi connectivity index (χ4n) is 2.87. The highest BCUT2D eigenvalue weighted by Crippen LogP contribution is 2.30. The fraction of sp³-hybridized carbons (Fsp3) is 0.0500. The van der Waals surface area contributed by atoms with Gasteiger partial charge in [0.25, 0.3) is 0 Å². The number of rotatable bonds is 3. The molecule has 134 valence electrons. The molecule has 0 saturated carbocycles. The van der Waals surface area contributed by atoms with E-state index in [2.05, 4.69) is 20.3 Å². The van der Waals surface area contributed by atoms with Crippen molar-refractivity contribution in [2.45, 2.75) is 0 Å². The zero-order chi connectivity index (χ0) is 19.0. The van der Waals surface area contributed by atoms with Crippen LogP contribution in [0.15, 0.2) is 54.9 Å². The van der Waals surface area contributed by atoms with E-state index in [0.29, 0.717) is 27.8 Å². The van der Waals surface area contributed by atoms with E-state index in [4.69, 9.17) is 0 Å². The minimum Gasteiger partial charge on any atom is -0.373 e. The lowest BCUT2D eigenvalue weighted by atomic mass is 10.0. The van der Waals surface area contributed by atoms with Gasteiger partial charge in [-0.25, -0.2) is 23.1 Å². The molecule has 4 nitrogen and oxygen atoms in total. The Hall–Kier alpha value is -3.48. The number of pyridine rings is 1. The minimum absolute atomic E-state index is 0.135. The van der Waals surface area contributed by atoms with Crippen molar-refractivity contribution < 1.29 is 13.2 Å². The summed E-state index contributed by atoms with van der Waals surface area (Å²) in [6.45, 7) is 0. The Morgan fingerprint density at radius 2 is 1.67 bits per heavy atom. The average molecular weight is 366 g/mol. The number of hydrogen-bond acceptors (Lipinski definition) is 4. The van der Waals surface area contributed by atoms with Gasteiger partial charge in [0.15, 0.2) is 5.82 Å². The summed E-state index contributed by atoms with van der Waals surface area (Å²) in [6, 6.07) is 9.61. The summed E-state index contributed by atoms with van der Waals surface area (Å²) in [5, 5.41) is 3.68. The van der Waals surface area contributed by atoms with Gasteiger partial charge >= 0.3 is 0 Å². The zero-order valence-corrected chi connectivity index (χ0v) is 14.2. The maximum absolute atomic E-state index is 14.1. The molecule has 0 spiro atoms. The quantitative estimate of drug-likeness (QED) is 0.565. The Morgan fingerprint density at radius 1 is 0.815 bits per heavy atom. The summed E-state index contributed by atoms with van der Waals surface area (Å²) in [7, 11) is 1.70. The Morgan fingerprint density at radius 3 is 2.44 bits per heavy atom. The summed E-state index contributed by atoms with van der Waals surface area (Å²) >= 11 is 0. The van der Waals surface area contributed by atoms with Crippen molar-refractivity contribution >= 4 is 16.7 Å². The number of halogens is 3. The second-order valence-electron chi connectivity index (χ2n) is 5.89. The molecular weight excluding hydrogens is 353 g/mol. The maximum atomic E-state index is 14.1. The molecule has 2 aromatic heterocycles. The normalized spacial score (nSPS) is 11.0. The number of benzene rings is 2. The first-order valence-corrected chi connectivity index (χ1v) is 8.11. The van der Waals surface area contributed by atoms with Gasteiger partial charge in [0.05, 0.1) is 11.7 Å². The van der Waals surface area contributed by atoms with Gasteiger partial charge < -0.3 is 5.32 Å². The van der Waals surface area contributed by atoms with Crippen LogP contribution in [0.25, 0.3) is 33.4 Å². The number of aromatic nitrogens is 3. The molecule has 0 fully saturated rings. The predicted molar refractivity (Wildman–Crippen MR) is 97.6 cm³/mol. The van der Waals surface area contributed by atoms with E-state index in [9.17, 15) is 13.2 Å². The highest BCUT2D eigenvalue weighted by molar-refractivity contribution is 5.93. The van der Waals surface area contributed by atoms with Crippen LogP contribution in [0, 0.1) is 17.5 Å². The molecule has 4 aromatic rings. The van der Waals surface area contributed by atoms with E-state index in [1.165, 1.54) is 12.3 Å². The van der Waals surface area contributed by atoms with Crippen LogP contribution in [0.3, 0.4) is 0 Å². The first kappa shape index (κ1) is 17.0. The van der Waals surface area contributed by atoms with Crippen LogP contribution in [0.2, 0.25) is 0 Å². The zero-order valence-electron chi connectivity index (χ0n) is 14.2. The van der Waals surface area contributed by atoms with Crippen molar-refractivity contribution in [3.05, 3.63) is 72.3 Å².